The van der Waals surface area contributed by atoms with Crippen molar-refractivity contribution in [2.75, 3.05) is 0 Å². The molecule has 0 rings (SSSR count). The topological polar surface area (TPSA) is 107 Å². The summed E-state index contributed by atoms with van der Waals surface area (Å²) in [5.74, 6) is -0.961. The molecule has 1 unspecified atom stereocenters. The molecular formula is C3H7NO5S. The molecule has 0 aromatic rings. The van der Waals surface area contributed by atoms with E-state index in [9.17, 15) is 13.2 Å². The van der Waals surface area contributed by atoms with Crippen LogP contribution in [0, 0.1) is 0 Å². The first-order valence-corrected chi connectivity index (χ1v) is 3.64. The molecule has 10 heavy (non-hydrogen) atoms. The number of rotatable bonds is 3. The van der Waals surface area contributed by atoms with Gasteiger partial charge < -0.3 is 5.73 Å². The standard InChI is InChI=1S/C3H7NO5S/c1-2(3(4)5)9-10(6,7)8/h2H,1H3,(H2,4,5)(H,6,7,8). The van der Waals surface area contributed by atoms with Crippen LogP contribution in [0.3, 0.4) is 0 Å². The fourth-order valence-corrected chi connectivity index (χ4v) is 0.689. The van der Waals surface area contributed by atoms with Crippen molar-refractivity contribution < 1.29 is 21.9 Å². The molecule has 0 aliphatic rings. The minimum atomic E-state index is -4.57. The Kier molecular flexibility index (Phi) is 2.76. The molecule has 6 nitrogen and oxygen atoms in total. The number of nitrogens with two attached hydrogens (primary N) is 1. The van der Waals surface area contributed by atoms with Gasteiger partial charge in [0.15, 0.2) is 6.10 Å². The number of hydrogen-bond acceptors (Lipinski definition) is 4. The molecule has 1 atom stereocenters. The van der Waals surface area contributed by atoms with Gasteiger partial charge in [-0.05, 0) is 6.92 Å². The molecule has 0 aromatic carbocycles. The van der Waals surface area contributed by atoms with E-state index in [-0.39, 0.29) is 0 Å². The number of amides is 1. The third-order valence-corrected chi connectivity index (χ3v) is 1.20. The summed E-state index contributed by atoms with van der Waals surface area (Å²) in [6, 6.07) is 0. The summed E-state index contributed by atoms with van der Waals surface area (Å²) in [5.41, 5.74) is 4.60. The molecule has 0 radical (unpaired) electrons. The van der Waals surface area contributed by atoms with Gasteiger partial charge in [-0.3, -0.25) is 9.35 Å². The van der Waals surface area contributed by atoms with Crippen molar-refractivity contribution >= 4 is 16.3 Å². The van der Waals surface area contributed by atoms with Gasteiger partial charge >= 0.3 is 10.4 Å². The van der Waals surface area contributed by atoms with Crippen LogP contribution in [-0.4, -0.2) is 25.0 Å². The first-order chi connectivity index (χ1) is 4.33. The Balaban J connectivity index is 4.06. The molecule has 3 N–H and O–H groups in total. The van der Waals surface area contributed by atoms with E-state index in [0.717, 1.165) is 6.92 Å². The van der Waals surface area contributed by atoms with Crippen LogP contribution in [0.2, 0.25) is 0 Å². The van der Waals surface area contributed by atoms with E-state index in [1.807, 2.05) is 0 Å². The van der Waals surface area contributed by atoms with Crippen LogP contribution >= 0.6 is 0 Å². The van der Waals surface area contributed by atoms with Crippen molar-refractivity contribution in [2.45, 2.75) is 13.0 Å². The summed E-state index contributed by atoms with van der Waals surface area (Å²) >= 11 is 0. The number of carbonyl (C=O) groups is 1. The highest BCUT2D eigenvalue weighted by Gasteiger charge is 2.16. The van der Waals surface area contributed by atoms with Crippen molar-refractivity contribution in [2.24, 2.45) is 5.73 Å². The van der Waals surface area contributed by atoms with Crippen LogP contribution in [0.5, 0.6) is 0 Å². The maximum absolute atomic E-state index is 10.1. The first kappa shape index (κ1) is 9.34. The molecular weight excluding hydrogens is 162 g/mol. The molecule has 1 amide bonds. The Labute approximate surface area is 57.9 Å². The van der Waals surface area contributed by atoms with E-state index in [2.05, 4.69) is 9.92 Å². The summed E-state index contributed by atoms with van der Waals surface area (Å²) in [6.45, 7) is 1.11. The third-order valence-electron chi connectivity index (χ3n) is 0.667. The van der Waals surface area contributed by atoms with Crippen molar-refractivity contribution in [3.63, 3.8) is 0 Å². The normalized spacial score (nSPS) is 14.6. The predicted molar refractivity (Wildman–Crippen MR) is 31.3 cm³/mol. The fraction of sp³-hybridized carbons (Fsp3) is 0.667. The lowest BCUT2D eigenvalue weighted by Crippen LogP contribution is -2.30. The van der Waals surface area contributed by atoms with E-state index in [1.165, 1.54) is 0 Å². The summed E-state index contributed by atoms with van der Waals surface area (Å²) in [6.07, 6.45) is -1.34. The van der Waals surface area contributed by atoms with Crippen LogP contribution in [0.15, 0.2) is 0 Å². The van der Waals surface area contributed by atoms with Crippen LogP contribution in [0.25, 0.3) is 0 Å². The minimum Gasteiger partial charge on any atom is -0.367 e. The maximum atomic E-state index is 10.1. The van der Waals surface area contributed by atoms with Gasteiger partial charge in [0.05, 0.1) is 0 Å². The Morgan fingerprint density at radius 1 is 1.70 bits per heavy atom. The summed E-state index contributed by atoms with van der Waals surface area (Å²) in [5, 5.41) is 0. The monoisotopic (exact) mass is 169 g/mol. The van der Waals surface area contributed by atoms with Crippen molar-refractivity contribution in [3.05, 3.63) is 0 Å². The Bertz CT molecular complexity index is 219. The molecule has 7 heteroatoms. The van der Waals surface area contributed by atoms with Crippen LogP contribution in [-0.2, 0) is 19.4 Å². The molecule has 60 valence electrons. The van der Waals surface area contributed by atoms with Gasteiger partial charge in [-0.2, -0.15) is 8.42 Å². The van der Waals surface area contributed by atoms with Gasteiger partial charge in [-0.15, -0.1) is 0 Å². The fourth-order valence-electron chi connectivity index (χ4n) is 0.230. The highest BCUT2D eigenvalue weighted by molar-refractivity contribution is 7.80. The Hall–Kier alpha value is -0.660. The lowest BCUT2D eigenvalue weighted by atomic mass is 10.4. The zero-order chi connectivity index (χ0) is 8.36. The Morgan fingerprint density at radius 3 is 2.20 bits per heavy atom. The molecule has 0 fully saturated rings. The molecule has 0 aromatic heterocycles. The second-order valence-corrected chi connectivity index (χ2v) is 2.62. The van der Waals surface area contributed by atoms with E-state index >= 15 is 0 Å². The van der Waals surface area contributed by atoms with Crippen molar-refractivity contribution in [1.29, 1.82) is 0 Å². The smallest absolute Gasteiger partial charge is 0.367 e. The second kappa shape index (κ2) is 2.95. The average molecular weight is 169 g/mol. The molecule has 0 aliphatic carbocycles. The number of primary amides is 1. The SMILES string of the molecule is CC(OS(=O)(=O)O)C(N)=O. The van der Waals surface area contributed by atoms with Crippen LogP contribution < -0.4 is 5.73 Å². The zero-order valence-electron chi connectivity index (χ0n) is 5.14. The van der Waals surface area contributed by atoms with Gasteiger partial charge in [0.25, 0.3) is 0 Å². The van der Waals surface area contributed by atoms with E-state index in [1.54, 1.807) is 0 Å². The summed E-state index contributed by atoms with van der Waals surface area (Å²) in [4.78, 5) is 10.1. The number of carbonyl (C=O) groups excluding carboxylic acids is 1. The highest BCUT2D eigenvalue weighted by Crippen LogP contribution is 1.94. The van der Waals surface area contributed by atoms with Crippen LogP contribution in [0.4, 0.5) is 0 Å². The van der Waals surface area contributed by atoms with Crippen molar-refractivity contribution in [1.82, 2.24) is 0 Å². The van der Waals surface area contributed by atoms with E-state index in [4.69, 9.17) is 4.55 Å². The van der Waals surface area contributed by atoms with Gasteiger partial charge in [-0.25, -0.2) is 4.18 Å². The molecule has 0 heterocycles. The highest BCUT2D eigenvalue weighted by atomic mass is 32.3. The Morgan fingerprint density at radius 2 is 2.10 bits per heavy atom. The van der Waals surface area contributed by atoms with Gasteiger partial charge in [0.2, 0.25) is 5.91 Å². The van der Waals surface area contributed by atoms with E-state index < -0.39 is 22.4 Å². The quantitative estimate of drug-likeness (QED) is 0.509. The van der Waals surface area contributed by atoms with Crippen molar-refractivity contribution in [3.8, 4) is 0 Å². The lowest BCUT2D eigenvalue weighted by Gasteiger charge is -2.03. The minimum absolute atomic E-state index is 0.961. The van der Waals surface area contributed by atoms with Crippen LogP contribution in [0.1, 0.15) is 6.92 Å². The van der Waals surface area contributed by atoms with Gasteiger partial charge in [0, 0.05) is 0 Å². The van der Waals surface area contributed by atoms with E-state index in [0.29, 0.717) is 0 Å². The third kappa shape index (κ3) is 4.24. The summed E-state index contributed by atoms with van der Waals surface area (Å²) in [7, 11) is -4.57. The molecule has 0 aliphatic heterocycles. The number of hydrogen-bond donors (Lipinski definition) is 2. The average Bonchev–Trinajstić information content (AvgIpc) is 1.60. The molecule has 0 saturated heterocycles. The summed E-state index contributed by atoms with van der Waals surface area (Å²) < 4.78 is 31.5. The van der Waals surface area contributed by atoms with Gasteiger partial charge in [-0.1, -0.05) is 0 Å². The maximum Gasteiger partial charge on any atom is 0.398 e. The molecule has 0 bridgehead atoms. The predicted octanol–water partition coefficient (Wildman–Crippen LogP) is -1.32. The first-order valence-electron chi connectivity index (χ1n) is 2.28. The molecule has 0 saturated carbocycles. The second-order valence-electron chi connectivity index (χ2n) is 1.57. The lowest BCUT2D eigenvalue weighted by molar-refractivity contribution is -0.124. The van der Waals surface area contributed by atoms with Gasteiger partial charge in [0.1, 0.15) is 0 Å². The zero-order valence-corrected chi connectivity index (χ0v) is 5.96. The molecule has 0 spiro atoms. The largest absolute Gasteiger partial charge is 0.398 e.